The van der Waals surface area contributed by atoms with E-state index in [0.717, 1.165) is 26.1 Å². The van der Waals surface area contributed by atoms with E-state index in [0.29, 0.717) is 6.10 Å². The second kappa shape index (κ2) is 5.28. The molecule has 1 aliphatic heterocycles. The van der Waals surface area contributed by atoms with Crippen molar-refractivity contribution in [1.29, 1.82) is 0 Å². The minimum atomic E-state index is 0.490. The first-order valence-corrected chi connectivity index (χ1v) is 5.64. The largest absolute Gasteiger partial charge is 0.378 e. The summed E-state index contributed by atoms with van der Waals surface area (Å²) in [5.41, 5.74) is 1.22. The van der Waals surface area contributed by atoms with E-state index < -0.39 is 0 Å². The van der Waals surface area contributed by atoms with Gasteiger partial charge >= 0.3 is 0 Å². The zero-order chi connectivity index (χ0) is 10.5. The van der Waals surface area contributed by atoms with E-state index in [2.05, 4.69) is 10.3 Å². The third-order valence-corrected chi connectivity index (χ3v) is 2.89. The Balaban J connectivity index is 1.60. The van der Waals surface area contributed by atoms with Crippen LogP contribution >= 0.6 is 0 Å². The van der Waals surface area contributed by atoms with Gasteiger partial charge in [-0.15, -0.1) is 0 Å². The molecule has 0 radical (unpaired) electrons. The van der Waals surface area contributed by atoms with Crippen molar-refractivity contribution >= 4 is 0 Å². The van der Waals surface area contributed by atoms with Gasteiger partial charge in [-0.3, -0.25) is 0 Å². The van der Waals surface area contributed by atoms with E-state index in [4.69, 9.17) is 4.74 Å². The Bertz CT molecular complexity index is 292. The second-order valence-corrected chi connectivity index (χ2v) is 4.10. The minimum Gasteiger partial charge on any atom is -0.378 e. The van der Waals surface area contributed by atoms with Crippen LogP contribution in [0.5, 0.6) is 0 Å². The molecule has 0 saturated carbocycles. The smallest absolute Gasteiger partial charge is 0.0945 e. The number of hydrogen-bond donors (Lipinski definition) is 1. The van der Waals surface area contributed by atoms with Crippen LogP contribution < -0.4 is 5.32 Å². The van der Waals surface area contributed by atoms with Crippen LogP contribution in [-0.4, -0.2) is 28.8 Å². The Morgan fingerprint density at radius 2 is 2.60 bits per heavy atom. The molecule has 1 N–H and O–H groups in total. The molecule has 4 nitrogen and oxygen atoms in total. The summed E-state index contributed by atoms with van der Waals surface area (Å²) in [5, 5.41) is 3.41. The Labute approximate surface area is 90.6 Å². The van der Waals surface area contributed by atoms with Gasteiger partial charge in [0.1, 0.15) is 0 Å². The maximum atomic E-state index is 5.56. The summed E-state index contributed by atoms with van der Waals surface area (Å²) < 4.78 is 7.60. The fourth-order valence-corrected chi connectivity index (χ4v) is 1.91. The van der Waals surface area contributed by atoms with Gasteiger partial charge in [0.15, 0.2) is 0 Å². The lowest BCUT2D eigenvalue weighted by molar-refractivity contribution is 0.104. The number of aryl methyl sites for hydroxylation is 1. The van der Waals surface area contributed by atoms with Crippen LogP contribution in [-0.2, 0) is 18.3 Å². The molecule has 1 aromatic heterocycles. The summed E-state index contributed by atoms with van der Waals surface area (Å²) in [6.07, 6.45) is 7.80. The van der Waals surface area contributed by atoms with Gasteiger partial charge in [0.05, 0.1) is 18.1 Å². The summed E-state index contributed by atoms with van der Waals surface area (Å²) in [7, 11) is 2.02. The molecule has 0 aliphatic carbocycles. The number of hydrogen-bond acceptors (Lipinski definition) is 3. The van der Waals surface area contributed by atoms with Gasteiger partial charge in [-0.05, 0) is 25.8 Å². The lowest BCUT2D eigenvalue weighted by Crippen LogP contribution is -2.20. The minimum absolute atomic E-state index is 0.490. The van der Waals surface area contributed by atoms with Crippen molar-refractivity contribution in [2.75, 3.05) is 13.2 Å². The number of aromatic nitrogens is 2. The van der Waals surface area contributed by atoms with E-state index in [-0.39, 0.29) is 0 Å². The number of nitrogens with zero attached hydrogens (tertiary/aromatic N) is 2. The number of rotatable bonds is 5. The standard InChI is InChI=1S/C11H19N3O/c1-14-9-13-8-10(14)7-12-5-4-11-3-2-6-15-11/h8-9,11-12H,2-7H2,1H3. The molecule has 0 aromatic carbocycles. The van der Waals surface area contributed by atoms with Crippen LogP contribution in [0.3, 0.4) is 0 Å². The molecular formula is C11H19N3O. The van der Waals surface area contributed by atoms with Crippen molar-refractivity contribution in [3.05, 3.63) is 18.2 Å². The predicted octanol–water partition coefficient (Wildman–Crippen LogP) is 1.08. The Morgan fingerprint density at radius 3 is 3.27 bits per heavy atom. The van der Waals surface area contributed by atoms with Gasteiger partial charge in [-0.25, -0.2) is 4.98 Å². The number of ether oxygens (including phenoxy) is 1. The molecule has 2 rings (SSSR count). The van der Waals surface area contributed by atoms with Crippen molar-refractivity contribution < 1.29 is 4.74 Å². The van der Waals surface area contributed by atoms with Crippen LogP contribution in [0, 0.1) is 0 Å². The van der Waals surface area contributed by atoms with Crippen LogP contribution in [0.2, 0.25) is 0 Å². The van der Waals surface area contributed by atoms with Crippen LogP contribution in [0.15, 0.2) is 12.5 Å². The topological polar surface area (TPSA) is 39.1 Å². The summed E-state index contributed by atoms with van der Waals surface area (Å²) in [6, 6.07) is 0. The molecular weight excluding hydrogens is 190 g/mol. The third-order valence-electron chi connectivity index (χ3n) is 2.89. The van der Waals surface area contributed by atoms with Crippen molar-refractivity contribution in [3.63, 3.8) is 0 Å². The lowest BCUT2D eigenvalue weighted by Gasteiger charge is -2.09. The normalized spacial score (nSPS) is 21.0. The molecule has 1 saturated heterocycles. The average Bonchev–Trinajstić information content (AvgIpc) is 2.85. The highest BCUT2D eigenvalue weighted by Crippen LogP contribution is 2.14. The average molecular weight is 209 g/mol. The number of imidazole rings is 1. The van der Waals surface area contributed by atoms with Gasteiger partial charge in [-0.1, -0.05) is 0 Å². The zero-order valence-electron chi connectivity index (χ0n) is 9.28. The Morgan fingerprint density at radius 1 is 1.67 bits per heavy atom. The quantitative estimate of drug-likeness (QED) is 0.738. The van der Waals surface area contributed by atoms with Crippen LogP contribution in [0.4, 0.5) is 0 Å². The van der Waals surface area contributed by atoms with Crippen LogP contribution in [0.25, 0.3) is 0 Å². The molecule has 84 valence electrons. The van der Waals surface area contributed by atoms with E-state index in [9.17, 15) is 0 Å². The molecule has 15 heavy (non-hydrogen) atoms. The highest BCUT2D eigenvalue weighted by Gasteiger charge is 2.14. The van der Waals surface area contributed by atoms with Gasteiger partial charge in [0.25, 0.3) is 0 Å². The van der Waals surface area contributed by atoms with Crippen LogP contribution in [0.1, 0.15) is 25.0 Å². The molecule has 1 fully saturated rings. The maximum Gasteiger partial charge on any atom is 0.0945 e. The van der Waals surface area contributed by atoms with Crippen molar-refractivity contribution in [1.82, 2.24) is 14.9 Å². The highest BCUT2D eigenvalue weighted by atomic mass is 16.5. The van der Waals surface area contributed by atoms with Gasteiger partial charge in [0.2, 0.25) is 0 Å². The second-order valence-electron chi connectivity index (χ2n) is 4.10. The monoisotopic (exact) mass is 209 g/mol. The Hall–Kier alpha value is -0.870. The van der Waals surface area contributed by atoms with E-state index in [1.165, 1.54) is 18.5 Å². The first kappa shape index (κ1) is 10.6. The van der Waals surface area contributed by atoms with Crippen molar-refractivity contribution in [2.45, 2.75) is 31.9 Å². The molecule has 1 atom stereocenters. The SMILES string of the molecule is Cn1cncc1CNCCC1CCCO1. The summed E-state index contributed by atoms with van der Waals surface area (Å²) in [6.45, 7) is 2.87. The van der Waals surface area contributed by atoms with Gasteiger partial charge in [0, 0.05) is 26.4 Å². The number of nitrogens with one attached hydrogen (secondary N) is 1. The molecule has 0 amide bonds. The molecule has 1 unspecified atom stereocenters. The summed E-state index contributed by atoms with van der Waals surface area (Å²) in [5.74, 6) is 0. The van der Waals surface area contributed by atoms with E-state index in [1.54, 1.807) is 0 Å². The highest BCUT2D eigenvalue weighted by molar-refractivity contribution is 4.96. The van der Waals surface area contributed by atoms with Gasteiger partial charge in [-0.2, -0.15) is 0 Å². The summed E-state index contributed by atoms with van der Waals surface area (Å²) >= 11 is 0. The fourth-order valence-electron chi connectivity index (χ4n) is 1.91. The first-order chi connectivity index (χ1) is 7.36. The maximum absolute atomic E-state index is 5.56. The van der Waals surface area contributed by atoms with Crippen molar-refractivity contribution in [3.8, 4) is 0 Å². The fraction of sp³-hybridized carbons (Fsp3) is 0.727. The van der Waals surface area contributed by atoms with Gasteiger partial charge < -0.3 is 14.6 Å². The first-order valence-electron chi connectivity index (χ1n) is 5.64. The Kier molecular flexibility index (Phi) is 3.75. The van der Waals surface area contributed by atoms with Crippen molar-refractivity contribution in [2.24, 2.45) is 7.05 Å². The molecule has 0 bridgehead atoms. The predicted molar refractivity (Wildman–Crippen MR) is 58.5 cm³/mol. The van der Waals surface area contributed by atoms with E-state index in [1.807, 2.05) is 24.1 Å². The molecule has 1 aromatic rings. The molecule has 2 heterocycles. The summed E-state index contributed by atoms with van der Waals surface area (Å²) in [4.78, 5) is 4.08. The molecule has 0 spiro atoms. The third kappa shape index (κ3) is 3.04. The van der Waals surface area contributed by atoms with E-state index >= 15 is 0 Å². The molecule has 1 aliphatic rings. The zero-order valence-corrected chi connectivity index (χ0v) is 9.28. The molecule has 4 heteroatoms. The lowest BCUT2D eigenvalue weighted by atomic mass is 10.2.